The molecule has 0 unspecified atom stereocenters. The van der Waals surface area contributed by atoms with Crippen LogP contribution >= 0.6 is 0 Å². The molecule has 0 rings (SSSR count). The van der Waals surface area contributed by atoms with Crippen molar-refractivity contribution in [2.75, 3.05) is 6.54 Å². The van der Waals surface area contributed by atoms with Gasteiger partial charge in [-0.25, -0.2) is 4.79 Å². The number of terminal acetylenes is 1. The minimum Gasteiger partial charge on any atom is -0.478 e. The molecule has 0 saturated heterocycles. The lowest BCUT2D eigenvalue weighted by molar-refractivity contribution is -0.131. The Kier molecular flexibility index (Phi) is 6.76. The number of carboxylic acid groups (broad SMARTS) is 1. The number of hydrogen-bond acceptors (Lipinski definition) is 2. The molecule has 3 nitrogen and oxygen atoms in total. The molecule has 0 atom stereocenters. The van der Waals surface area contributed by atoms with Gasteiger partial charge >= 0.3 is 5.97 Å². The molecule has 0 aliphatic rings. The molecule has 3 heteroatoms. The predicted octanol–water partition coefficient (Wildman–Crippen LogP) is 0.978. The van der Waals surface area contributed by atoms with Crippen LogP contribution in [0.5, 0.6) is 0 Å². The van der Waals surface area contributed by atoms with Crippen LogP contribution in [0.25, 0.3) is 0 Å². The first-order chi connectivity index (χ1) is 5.77. The summed E-state index contributed by atoms with van der Waals surface area (Å²) in [4.78, 5) is 9.98. The van der Waals surface area contributed by atoms with Gasteiger partial charge in [0.1, 0.15) is 0 Å². The average Bonchev–Trinajstić information content (AvgIpc) is 2.02. The second kappa shape index (κ2) is 7.67. The Hall–Kier alpha value is -1.43. The van der Waals surface area contributed by atoms with Gasteiger partial charge in [0.2, 0.25) is 0 Å². The third kappa shape index (κ3) is 8.57. The van der Waals surface area contributed by atoms with Gasteiger partial charge in [-0.1, -0.05) is 0 Å². The summed E-state index contributed by atoms with van der Waals surface area (Å²) in [5.41, 5.74) is 0. The second-order valence-corrected chi connectivity index (χ2v) is 2.29. The molecule has 66 valence electrons. The first-order valence-corrected chi connectivity index (χ1v) is 3.83. The van der Waals surface area contributed by atoms with Gasteiger partial charge in [0.05, 0.1) is 0 Å². The predicted molar refractivity (Wildman–Crippen MR) is 47.5 cm³/mol. The molecule has 2 N–H and O–H groups in total. The largest absolute Gasteiger partial charge is 0.478 e. The van der Waals surface area contributed by atoms with E-state index in [0.717, 1.165) is 31.9 Å². The number of carbonyl (C=O) groups is 1. The Balaban J connectivity index is 3.11. The van der Waals surface area contributed by atoms with Crippen LogP contribution in [0.15, 0.2) is 12.3 Å². The molecular formula is C9H13NO2. The summed E-state index contributed by atoms with van der Waals surface area (Å²) < 4.78 is 0. The first-order valence-electron chi connectivity index (χ1n) is 3.83. The van der Waals surface area contributed by atoms with Crippen molar-refractivity contribution in [3.8, 4) is 12.3 Å². The van der Waals surface area contributed by atoms with Gasteiger partial charge in [-0.05, 0) is 12.8 Å². The number of carboxylic acids is 1. The summed E-state index contributed by atoms with van der Waals surface area (Å²) in [5.74, 6) is 1.60. The van der Waals surface area contributed by atoms with Crippen LogP contribution in [0, 0.1) is 12.3 Å². The Labute approximate surface area is 72.5 Å². The molecular weight excluding hydrogens is 154 g/mol. The van der Waals surface area contributed by atoms with E-state index < -0.39 is 5.97 Å². The Morgan fingerprint density at radius 1 is 1.58 bits per heavy atom. The zero-order valence-corrected chi connectivity index (χ0v) is 6.92. The lowest BCUT2D eigenvalue weighted by atomic mass is 10.2. The normalized spacial score (nSPS) is 9.58. The molecule has 0 aliphatic carbocycles. The highest BCUT2D eigenvalue weighted by atomic mass is 16.4. The summed E-state index contributed by atoms with van der Waals surface area (Å²) in [7, 11) is 0. The third-order valence-corrected chi connectivity index (χ3v) is 1.24. The molecule has 12 heavy (non-hydrogen) atoms. The minimum atomic E-state index is -0.939. The van der Waals surface area contributed by atoms with Crippen molar-refractivity contribution in [2.24, 2.45) is 0 Å². The van der Waals surface area contributed by atoms with E-state index in [-0.39, 0.29) is 0 Å². The Bertz CT molecular complexity index is 191. The van der Waals surface area contributed by atoms with Crippen LogP contribution in [0.3, 0.4) is 0 Å². The monoisotopic (exact) mass is 167 g/mol. The molecule has 0 aromatic rings. The fourth-order valence-electron chi connectivity index (χ4n) is 0.668. The summed E-state index contributed by atoms with van der Waals surface area (Å²) in [6.45, 7) is 0.769. The van der Waals surface area contributed by atoms with Crippen molar-refractivity contribution in [1.29, 1.82) is 0 Å². The van der Waals surface area contributed by atoms with Crippen molar-refractivity contribution in [1.82, 2.24) is 5.32 Å². The third-order valence-electron chi connectivity index (χ3n) is 1.24. The highest BCUT2D eigenvalue weighted by Crippen LogP contribution is 1.90. The highest BCUT2D eigenvalue weighted by molar-refractivity contribution is 5.79. The van der Waals surface area contributed by atoms with Crippen LogP contribution in [0.1, 0.15) is 19.3 Å². The summed E-state index contributed by atoms with van der Waals surface area (Å²) in [5, 5.41) is 11.0. The molecule has 0 spiro atoms. The van der Waals surface area contributed by atoms with Gasteiger partial charge in [-0.2, -0.15) is 0 Å². The molecule has 0 bridgehead atoms. The lowest BCUT2D eigenvalue weighted by Gasteiger charge is -1.96. The fraction of sp³-hybridized carbons (Fsp3) is 0.444. The fourth-order valence-corrected chi connectivity index (χ4v) is 0.668. The number of aliphatic carboxylic acids is 1. The quantitative estimate of drug-likeness (QED) is 0.352. The smallest absolute Gasteiger partial charge is 0.329 e. The van der Waals surface area contributed by atoms with E-state index in [4.69, 9.17) is 11.5 Å². The number of rotatable bonds is 6. The van der Waals surface area contributed by atoms with Crippen molar-refractivity contribution in [2.45, 2.75) is 19.3 Å². The van der Waals surface area contributed by atoms with Crippen LogP contribution in [0.4, 0.5) is 0 Å². The van der Waals surface area contributed by atoms with Crippen molar-refractivity contribution >= 4 is 5.97 Å². The SMILES string of the molecule is C#CCCCCN/C=C/C(=O)O. The molecule has 0 aromatic heterocycles. The maximum absolute atomic E-state index is 9.98. The minimum absolute atomic E-state index is 0.769. The van der Waals surface area contributed by atoms with Crippen molar-refractivity contribution < 1.29 is 9.90 Å². The summed E-state index contributed by atoms with van der Waals surface area (Å²) >= 11 is 0. The summed E-state index contributed by atoms with van der Waals surface area (Å²) in [6.07, 6.45) is 10.3. The van der Waals surface area contributed by atoms with E-state index in [1.54, 1.807) is 0 Å². The zero-order chi connectivity index (χ0) is 9.23. The topological polar surface area (TPSA) is 49.3 Å². The van der Waals surface area contributed by atoms with E-state index in [1.165, 1.54) is 6.20 Å². The molecule has 0 heterocycles. The van der Waals surface area contributed by atoms with E-state index in [1.807, 2.05) is 0 Å². The van der Waals surface area contributed by atoms with Gasteiger partial charge in [-0.15, -0.1) is 12.3 Å². The Morgan fingerprint density at radius 2 is 2.33 bits per heavy atom. The first kappa shape index (κ1) is 10.6. The number of nitrogens with one attached hydrogen (secondary N) is 1. The number of unbranched alkanes of at least 4 members (excludes halogenated alkanes) is 2. The van der Waals surface area contributed by atoms with Crippen molar-refractivity contribution in [3.63, 3.8) is 0 Å². The molecule has 0 saturated carbocycles. The van der Waals surface area contributed by atoms with Crippen LogP contribution in [-0.4, -0.2) is 17.6 Å². The number of hydrogen-bond donors (Lipinski definition) is 2. The van der Waals surface area contributed by atoms with Crippen LogP contribution in [-0.2, 0) is 4.79 Å². The van der Waals surface area contributed by atoms with E-state index >= 15 is 0 Å². The van der Waals surface area contributed by atoms with Gasteiger partial charge < -0.3 is 10.4 Å². The zero-order valence-electron chi connectivity index (χ0n) is 6.92. The van der Waals surface area contributed by atoms with Gasteiger partial charge in [0.25, 0.3) is 0 Å². The average molecular weight is 167 g/mol. The Morgan fingerprint density at radius 3 is 2.92 bits per heavy atom. The maximum Gasteiger partial charge on any atom is 0.329 e. The van der Waals surface area contributed by atoms with E-state index in [0.29, 0.717) is 0 Å². The second-order valence-electron chi connectivity index (χ2n) is 2.29. The van der Waals surface area contributed by atoms with Crippen LogP contribution < -0.4 is 5.32 Å². The van der Waals surface area contributed by atoms with Crippen LogP contribution in [0.2, 0.25) is 0 Å². The molecule has 0 aliphatic heterocycles. The van der Waals surface area contributed by atoms with Gasteiger partial charge in [0, 0.05) is 25.2 Å². The standard InChI is InChI=1S/C9H13NO2/c1-2-3-4-5-7-10-8-6-9(11)12/h1,6,8,10H,3-5,7H2,(H,11,12)/b8-6+. The maximum atomic E-state index is 9.98. The molecule has 0 radical (unpaired) electrons. The molecule has 0 amide bonds. The van der Waals surface area contributed by atoms with E-state index in [2.05, 4.69) is 11.2 Å². The summed E-state index contributed by atoms with van der Waals surface area (Å²) in [6, 6.07) is 0. The molecule has 0 aromatic carbocycles. The molecule has 0 fully saturated rings. The van der Waals surface area contributed by atoms with Gasteiger partial charge in [0.15, 0.2) is 0 Å². The van der Waals surface area contributed by atoms with Crippen molar-refractivity contribution in [3.05, 3.63) is 12.3 Å². The van der Waals surface area contributed by atoms with E-state index in [9.17, 15) is 4.79 Å². The lowest BCUT2D eigenvalue weighted by Crippen LogP contribution is -2.07. The van der Waals surface area contributed by atoms with Gasteiger partial charge in [-0.3, -0.25) is 0 Å². The highest BCUT2D eigenvalue weighted by Gasteiger charge is 1.85.